The topological polar surface area (TPSA) is 34.1 Å². The fourth-order valence-electron chi connectivity index (χ4n) is 1.92. The van der Waals surface area contributed by atoms with Crippen LogP contribution >= 0.6 is 15.9 Å². The van der Waals surface area contributed by atoms with E-state index < -0.39 is 9.84 Å². The van der Waals surface area contributed by atoms with Crippen LogP contribution in [0.4, 0.5) is 4.39 Å². The molecule has 2 aromatic rings. The largest absolute Gasteiger partial charge is 0.224 e. The number of halogens is 2. The molecule has 0 amide bonds. The normalized spacial score (nSPS) is 13.2. The summed E-state index contributed by atoms with van der Waals surface area (Å²) in [6.45, 7) is 1.70. The van der Waals surface area contributed by atoms with Crippen LogP contribution in [0.3, 0.4) is 0 Å². The molecule has 0 radical (unpaired) electrons. The molecule has 2 nitrogen and oxygen atoms in total. The van der Waals surface area contributed by atoms with Crippen LogP contribution < -0.4 is 0 Å². The molecule has 106 valence electrons. The third kappa shape index (κ3) is 3.27. The molecule has 0 aromatic heterocycles. The smallest absolute Gasteiger partial charge is 0.175 e. The lowest BCUT2D eigenvalue weighted by Crippen LogP contribution is -2.00. The average Bonchev–Trinajstić information content (AvgIpc) is 2.40. The summed E-state index contributed by atoms with van der Waals surface area (Å²) in [5.74, 6) is -0.252. The maximum absolute atomic E-state index is 13.3. The summed E-state index contributed by atoms with van der Waals surface area (Å²) in [6, 6.07) is 11.6. The first kappa shape index (κ1) is 15.2. The Bertz CT molecular complexity index is 741. The predicted molar refractivity (Wildman–Crippen MR) is 81.5 cm³/mol. The molecule has 0 heterocycles. The minimum absolute atomic E-state index is 0.177. The summed E-state index contributed by atoms with van der Waals surface area (Å²) < 4.78 is 36.4. The molecule has 1 atom stereocenters. The van der Waals surface area contributed by atoms with E-state index in [1.807, 2.05) is 6.07 Å². The van der Waals surface area contributed by atoms with E-state index in [4.69, 9.17) is 0 Å². The van der Waals surface area contributed by atoms with Gasteiger partial charge in [-0.2, -0.15) is 0 Å². The van der Waals surface area contributed by atoms with Gasteiger partial charge in [0.15, 0.2) is 9.84 Å². The minimum Gasteiger partial charge on any atom is -0.224 e. The molecule has 0 aliphatic heterocycles. The predicted octanol–water partition coefficient (Wildman–Crippen LogP) is 4.02. The molecule has 1 unspecified atom stereocenters. The Balaban J connectivity index is 2.43. The van der Waals surface area contributed by atoms with Crippen molar-refractivity contribution in [1.29, 1.82) is 0 Å². The fourth-order valence-corrected chi connectivity index (χ4v) is 3.17. The summed E-state index contributed by atoms with van der Waals surface area (Å²) in [5, 5.41) is 0. The van der Waals surface area contributed by atoms with E-state index in [1.165, 1.54) is 12.3 Å². The maximum atomic E-state index is 13.3. The van der Waals surface area contributed by atoms with Crippen molar-refractivity contribution in [2.75, 3.05) is 6.26 Å². The van der Waals surface area contributed by atoms with Crippen molar-refractivity contribution < 1.29 is 12.8 Å². The summed E-state index contributed by atoms with van der Waals surface area (Å²) in [7, 11) is -3.24. The van der Waals surface area contributed by atoms with Crippen LogP contribution in [0, 0.1) is 12.7 Å². The third-order valence-corrected chi connectivity index (χ3v) is 5.22. The highest BCUT2D eigenvalue weighted by molar-refractivity contribution is 9.09. The van der Waals surface area contributed by atoms with Gasteiger partial charge in [0.25, 0.3) is 0 Å². The zero-order valence-corrected chi connectivity index (χ0v) is 13.5. The molecule has 5 heteroatoms. The number of sulfone groups is 1. The van der Waals surface area contributed by atoms with Gasteiger partial charge in [-0.25, -0.2) is 12.8 Å². The van der Waals surface area contributed by atoms with E-state index >= 15 is 0 Å². The van der Waals surface area contributed by atoms with Crippen LogP contribution in [0.5, 0.6) is 0 Å². The van der Waals surface area contributed by atoms with Crippen LogP contribution in [-0.4, -0.2) is 14.7 Å². The van der Waals surface area contributed by atoms with Gasteiger partial charge in [0.05, 0.1) is 9.72 Å². The Morgan fingerprint density at radius 1 is 1.10 bits per heavy atom. The van der Waals surface area contributed by atoms with Crippen LogP contribution in [0.25, 0.3) is 0 Å². The van der Waals surface area contributed by atoms with Gasteiger partial charge in [0, 0.05) is 6.26 Å². The fraction of sp³-hybridized carbons (Fsp3) is 0.200. The Morgan fingerprint density at radius 2 is 1.75 bits per heavy atom. The number of rotatable bonds is 3. The van der Waals surface area contributed by atoms with Gasteiger partial charge in [-0.1, -0.05) is 40.2 Å². The van der Waals surface area contributed by atoms with Gasteiger partial charge in [-0.3, -0.25) is 0 Å². The zero-order chi connectivity index (χ0) is 14.9. The Labute approximate surface area is 126 Å². The molecule has 0 fully saturated rings. The molecular weight excluding hydrogens is 343 g/mol. The van der Waals surface area contributed by atoms with E-state index in [2.05, 4.69) is 15.9 Å². The second-order valence-corrected chi connectivity index (χ2v) is 7.65. The summed E-state index contributed by atoms with van der Waals surface area (Å²) in [6.07, 6.45) is 1.18. The summed E-state index contributed by atoms with van der Waals surface area (Å²) >= 11 is 3.54. The molecular formula is C15H14BrFO2S. The van der Waals surface area contributed by atoms with Crippen molar-refractivity contribution in [3.05, 3.63) is 65.0 Å². The highest BCUT2D eigenvalue weighted by atomic mass is 79.9. The van der Waals surface area contributed by atoms with Crippen molar-refractivity contribution >= 4 is 25.8 Å². The molecule has 0 N–H and O–H groups in total. The number of hydrogen-bond acceptors (Lipinski definition) is 2. The average molecular weight is 357 g/mol. The summed E-state index contributed by atoms with van der Waals surface area (Å²) in [5.41, 5.74) is 2.26. The number of hydrogen-bond donors (Lipinski definition) is 0. The van der Waals surface area contributed by atoms with Gasteiger partial charge >= 0.3 is 0 Å². The summed E-state index contributed by atoms with van der Waals surface area (Å²) in [4.78, 5) is 0.0989. The van der Waals surface area contributed by atoms with E-state index in [0.717, 1.165) is 11.1 Å². The second kappa shape index (κ2) is 5.66. The van der Waals surface area contributed by atoms with Crippen LogP contribution in [0.15, 0.2) is 47.4 Å². The molecule has 2 aromatic carbocycles. The lowest BCUT2D eigenvalue weighted by Gasteiger charge is -2.13. The van der Waals surface area contributed by atoms with E-state index in [0.29, 0.717) is 5.56 Å². The molecule has 0 spiro atoms. The standard InChI is InChI=1S/C15H14BrFO2S/c1-10-8-12(6-7-14(10)17)15(16)11-4-3-5-13(9-11)20(2,18)19/h3-9,15H,1-2H3. The van der Waals surface area contributed by atoms with Crippen LogP contribution in [0.2, 0.25) is 0 Å². The lowest BCUT2D eigenvalue weighted by molar-refractivity contribution is 0.601. The first-order valence-electron chi connectivity index (χ1n) is 5.99. The van der Waals surface area contributed by atoms with Crippen molar-refractivity contribution in [3.63, 3.8) is 0 Å². The zero-order valence-electron chi connectivity index (χ0n) is 11.1. The molecule has 0 saturated carbocycles. The Morgan fingerprint density at radius 3 is 2.35 bits per heavy atom. The Kier molecular flexibility index (Phi) is 4.30. The molecule has 0 saturated heterocycles. The highest BCUT2D eigenvalue weighted by Crippen LogP contribution is 2.32. The van der Waals surface area contributed by atoms with Crippen molar-refractivity contribution in [2.45, 2.75) is 16.6 Å². The third-order valence-electron chi connectivity index (χ3n) is 3.05. The highest BCUT2D eigenvalue weighted by Gasteiger charge is 2.14. The molecule has 20 heavy (non-hydrogen) atoms. The lowest BCUT2D eigenvalue weighted by atomic mass is 10.0. The van der Waals surface area contributed by atoms with Gasteiger partial charge in [-0.15, -0.1) is 0 Å². The molecule has 2 rings (SSSR count). The van der Waals surface area contributed by atoms with E-state index in [9.17, 15) is 12.8 Å². The Hall–Kier alpha value is -1.20. The number of aryl methyl sites for hydroxylation is 1. The van der Waals surface area contributed by atoms with Gasteiger partial charge < -0.3 is 0 Å². The van der Waals surface area contributed by atoms with Gasteiger partial charge in [0.2, 0.25) is 0 Å². The van der Waals surface area contributed by atoms with Crippen molar-refractivity contribution in [3.8, 4) is 0 Å². The number of alkyl halides is 1. The first-order chi connectivity index (χ1) is 9.29. The quantitative estimate of drug-likeness (QED) is 0.778. The SMILES string of the molecule is Cc1cc(C(Br)c2cccc(S(C)(=O)=O)c2)ccc1F. The molecule has 0 aliphatic rings. The van der Waals surface area contributed by atoms with Crippen molar-refractivity contribution in [1.82, 2.24) is 0 Å². The van der Waals surface area contributed by atoms with E-state index in [-0.39, 0.29) is 15.5 Å². The second-order valence-electron chi connectivity index (χ2n) is 4.72. The minimum atomic E-state index is -3.24. The van der Waals surface area contributed by atoms with Crippen LogP contribution in [0.1, 0.15) is 21.5 Å². The van der Waals surface area contributed by atoms with Gasteiger partial charge in [-0.05, 0) is 41.8 Å². The van der Waals surface area contributed by atoms with Crippen LogP contribution in [-0.2, 0) is 9.84 Å². The number of benzene rings is 2. The maximum Gasteiger partial charge on any atom is 0.175 e. The first-order valence-corrected chi connectivity index (χ1v) is 8.80. The molecule has 0 aliphatic carbocycles. The van der Waals surface area contributed by atoms with E-state index in [1.54, 1.807) is 37.3 Å². The molecule has 0 bridgehead atoms. The van der Waals surface area contributed by atoms with Crippen molar-refractivity contribution in [2.24, 2.45) is 0 Å². The monoisotopic (exact) mass is 356 g/mol. The van der Waals surface area contributed by atoms with Gasteiger partial charge in [0.1, 0.15) is 5.82 Å².